The number of hydrogen-bond acceptors (Lipinski definition) is 2. The van der Waals surface area contributed by atoms with Gasteiger partial charge in [-0.1, -0.05) is 107 Å². The van der Waals surface area contributed by atoms with E-state index in [0.29, 0.717) is 0 Å². The first-order chi connectivity index (χ1) is 17.0. The molecule has 2 nitrogen and oxygen atoms in total. The lowest BCUT2D eigenvalue weighted by Crippen LogP contribution is -2.24. The Balaban J connectivity index is 2.40. The van der Waals surface area contributed by atoms with E-state index in [-0.39, 0.29) is 21.7 Å². The third-order valence-electron chi connectivity index (χ3n) is 9.60. The SMILES string of the molecule is CCC(C)(C)c1cc2c(c(C(C)(C)CC)c1)OP(Cl)Oc1c(cc(C(C)(C)CC)cc1C(C)(C)CC)C2. The maximum atomic E-state index is 6.91. The maximum absolute atomic E-state index is 6.91. The van der Waals surface area contributed by atoms with Crippen LogP contribution in [0.15, 0.2) is 24.3 Å². The van der Waals surface area contributed by atoms with E-state index in [1.807, 2.05) is 0 Å². The normalized spacial score (nSPS) is 15.3. The highest BCUT2D eigenvalue weighted by Gasteiger charge is 2.35. The van der Waals surface area contributed by atoms with Crippen molar-refractivity contribution in [3.63, 3.8) is 0 Å². The topological polar surface area (TPSA) is 18.5 Å². The Hall–Kier alpha value is -1.24. The van der Waals surface area contributed by atoms with Crippen LogP contribution in [0.25, 0.3) is 0 Å². The molecular formula is C33H50ClO2P. The molecule has 206 valence electrons. The van der Waals surface area contributed by atoms with Crippen LogP contribution in [0, 0.1) is 0 Å². The summed E-state index contributed by atoms with van der Waals surface area (Å²) in [5.74, 6) is 1.84. The summed E-state index contributed by atoms with van der Waals surface area (Å²) in [7, 11) is -1.66. The summed E-state index contributed by atoms with van der Waals surface area (Å²) in [6.45, 7) is 27.7. The lowest BCUT2D eigenvalue weighted by atomic mass is 9.73. The van der Waals surface area contributed by atoms with Gasteiger partial charge in [-0.05, 0) is 80.8 Å². The van der Waals surface area contributed by atoms with Gasteiger partial charge in [0.15, 0.2) is 0 Å². The first-order valence-electron chi connectivity index (χ1n) is 14.2. The monoisotopic (exact) mass is 544 g/mol. The molecule has 0 spiro atoms. The molecule has 0 saturated carbocycles. The predicted octanol–water partition coefficient (Wildman–Crippen LogP) is 11.3. The van der Waals surface area contributed by atoms with Crippen LogP contribution in [0.3, 0.4) is 0 Å². The Labute approximate surface area is 233 Å². The predicted molar refractivity (Wildman–Crippen MR) is 163 cm³/mol. The van der Waals surface area contributed by atoms with Crippen molar-refractivity contribution in [2.75, 3.05) is 0 Å². The number of hydrogen-bond donors (Lipinski definition) is 0. The molecule has 0 unspecified atom stereocenters. The van der Waals surface area contributed by atoms with Crippen LogP contribution in [-0.2, 0) is 28.1 Å². The summed E-state index contributed by atoms with van der Waals surface area (Å²) < 4.78 is 13.1. The molecule has 0 atom stereocenters. The number of rotatable bonds is 8. The summed E-state index contributed by atoms with van der Waals surface area (Å²) in [5.41, 5.74) is 7.72. The van der Waals surface area contributed by atoms with Gasteiger partial charge in [0.2, 0.25) is 0 Å². The highest BCUT2D eigenvalue weighted by molar-refractivity contribution is 7.76. The van der Waals surface area contributed by atoms with Gasteiger partial charge in [-0.3, -0.25) is 0 Å². The molecule has 0 fully saturated rings. The van der Waals surface area contributed by atoms with Crippen LogP contribution in [0.2, 0.25) is 0 Å². The van der Waals surface area contributed by atoms with Crippen LogP contribution in [-0.4, -0.2) is 0 Å². The van der Waals surface area contributed by atoms with Gasteiger partial charge in [0, 0.05) is 17.5 Å². The van der Waals surface area contributed by atoms with Crippen molar-refractivity contribution in [2.24, 2.45) is 0 Å². The van der Waals surface area contributed by atoms with Crippen LogP contribution < -0.4 is 9.05 Å². The highest BCUT2D eigenvalue weighted by Crippen LogP contribution is 2.55. The molecule has 37 heavy (non-hydrogen) atoms. The second kappa shape index (κ2) is 10.7. The van der Waals surface area contributed by atoms with Crippen molar-refractivity contribution >= 4 is 19.0 Å². The zero-order valence-corrected chi connectivity index (χ0v) is 27.1. The standard InChI is InChI=1S/C33H50ClO2P/c1-13-30(5,6)24-18-22-17-23-19-25(31(7,8)14-2)21-27(33(11,12)16-4)29(23)36-37(34)35-28(22)26(20-24)32(9,10)15-3/h18-21H,13-17H2,1-12H3. The molecule has 4 heteroatoms. The van der Waals surface area contributed by atoms with E-state index in [0.717, 1.165) is 43.6 Å². The minimum Gasteiger partial charge on any atom is -0.427 e. The van der Waals surface area contributed by atoms with Crippen molar-refractivity contribution < 1.29 is 9.05 Å². The van der Waals surface area contributed by atoms with Crippen LogP contribution >= 0.6 is 19.0 Å². The van der Waals surface area contributed by atoms with Crippen LogP contribution in [0.4, 0.5) is 0 Å². The lowest BCUT2D eigenvalue weighted by molar-refractivity contribution is 0.433. The molecule has 0 N–H and O–H groups in total. The minimum absolute atomic E-state index is 0.0413. The summed E-state index contributed by atoms with van der Waals surface area (Å²) >= 11 is 6.91. The van der Waals surface area contributed by atoms with Crippen molar-refractivity contribution in [1.29, 1.82) is 0 Å². The molecular weight excluding hydrogens is 495 g/mol. The van der Waals surface area contributed by atoms with Crippen LogP contribution in [0.1, 0.15) is 142 Å². The van der Waals surface area contributed by atoms with E-state index >= 15 is 0 Å². The Morgan fingerprint density at radius 1 is 0.595 bits per heavy atom. The molecule has 3 rings (SSSR count). The zero-order chi connectivity index (χ0) is 28.0. The molecule has 1 aliphatic rings. The second-order valence-electron chi connectivity index (χ2n) is 13.5. The molecule has 0 aliphatic carbocycles. The molecule has 2 aromatic rings. The molecule has 2 aromatic carbocycles. The molecule has 1 aliphatic heterocycles. The fraction of sp³-hybridized carbons (Fsp3) is 0.636. The zero-order valence-electron chi connectivity index (χ0n) is 25.5. The number of fused-ring (bicyclic) bond motifs is 2. The fourth-order valence-electron chi connectivity index (χ4n) is 4.80. The molecule has 0 radical (unpaired) electrons. The van der Waals surface area contributed by atoms with E-state index in [1.54, 1.807) is 0 Å². The molecule has 0 amide bonds. The molecule has 0 bridgehead atoms. The third-order valence-corrected chi connectivity index (χ3v) is 10.7. The van der Waals surface area contributed by atoms with Gasteiger partial charge >= 0.3 is 7.73 Å². The van der Waals surface area contributed by atoms with Crippen molar-refractivity contribution in [1.82, 2.24) is 0 Å². The Kier molecular flexibility index (Phi) is 8.79. The van der Waals surface area contributed by atoms with E-state index in [1.165, 1.54) is 33.4 Å². The van der Waals surface area contributed by atoms with Gasteiger partial charge in [-0.25, -0.2) is 0 Å². The largest absolute Gasteiger partial charge is 0.427 e. The fourth-order valence-corrected chi connectivity index (χ4v) is 5.97. The van der Waals surface area contributed by atoms with Crippen molar-refractivity contribution in [2.45, 2.75) is 137 Å². The highest BCUT2D eigenvalue weighted by atomic mass is 35.7. The third kappa shape index (κ3) is 6.01. The Morgan fingerprint density at radius 3 is 1.22 bits per heavy atom. The average molecular weight is 545 g/mol. The Morgan fingerprint density at radius 2 is 0.919 bits per heavy atom. The van der Waals surface area contributed by atoms with E-state index in [9.17, 15) is 0 Å². The van der Waals surface area contributed by atoms with Gasteiger partial charge in [0.05, 0.1) is 0 Å². The first kappa shape index (κ1) is 30.3. The summed E-state index contributed by atoms with van der Waals surface area (Å²) in [6.07, 6.45) is 4.94. The Bertz CT molecular complexity index is 1040. The van der Waals surface area contributed by atoms with E-state index in [2.05, 4.69) is 107 Å². The van der Waals surface area contributed by atoms with Gasteiger partial charge in [-0.15, -0.1) is 0 Å². The summed E-state index contributed by atoms with van der Waals surface area (Å²) in [4.78, 5) is 0. The van der Waals surface area contributed by atoms with Crippen molar-refractivity contribution in [3.05, 3.63) is 57.6 Å². The van der Waals surface area contributed by atoms with Crippen molar-refractivity contribution in [3.8, 4) is 11.5 Å². The maximum Gasteiger partial charge on any atom is 0.401 e. The van der Waals surface area contributed by atoms with E-state index in [4.69, 9.17) is 20.3 Å². The first-order valence-corrected chi connectivity index (χ1v) is 16.3. The number of benzene rings is 2. The van der Waals surface area contributed by atoms with Gasteiger partial charge in [-0.2, -0.15) is 0 Å². The minimum atomic E-state index is -1.66. The van der Waals surface area contributed by atoms with Crippen LogP contribution in [0.5, 0.6) is 11.5 Å². The summed E-state index contributed by atoms with van der Waals surface area (Å²) in [5, 5.41) is 0. The lowest BCUT2D eigenvalue weighted by Gasteiger charge is -2.35. The van der Waals surface area contributed by atoms with Gasteiger partial charge in [0.1, 0.15) is 11.5 Å². The average Bonchev–Trinajstić information content (AvgIpc) is 2.84. The smallest absolute Gasteiger partial charge is 0.401 e. The van der Waals surface area contributed by atoms with E-state index < -0.39 is 7.73 Å². The second-order valence-corrected chi connectivity index (χ2v) is 15.2. The van der Waals surface area contributed by atoms with Gasteiger partial charge < -0.3 is 9.05 Å². The molecule has 0 aromatic heterocycles. The molecule has 0 saturated heterocycles. The van der Waals surface area contributed by atoms with Gasteiger partial charge in [0.25, 0.3) is 0 Å². The quantitative estimate of drug-likeness (QED) is 0.307. The number of halogens is 1. The summed E-state index contributed by atoms with van der Waals surface area (Å²) in [6, 6.07) is 9.50. The molecule has 1 heterocycles.